The van der Waals surface area contributed by atoms with Crippen LogP contribution in [0.3, 0.4) is 0 Å². The lowest BCUT2D eigenvalue weighted by molar-refractivity contribution is -0.114. The van der Waals surface area contributed by atoms with Gasteiger partial charge in [0.1, 0.15) is 5.75 Å². The van der Waals surface area contributed by atoms with Crippen LogP contribution >= 0.6 is 15.9 Å². The van der Waals surface area contributed by atoms with Crippen LogP contribution in [0.4, 0.5) is 5.69 Å². The van der Waals surface area contributed by atoms with Crippen LogP contribution in [0.15, 0.2) is 16.6 Å². The van der Waals surface area contributed by atoms with Crippen molar-refractivity contribution in [1.82, 2.24) is 0 Å². The van der Waals surface area contributed by atoms with Crippen molar-refractivity contribution in [1.29, 1.82) is 0 Å². The summed E-state index contributed by atoms with van der Waals surface area (Å²) in [5, 5.41) is 12.3. The van der Waals surface area contributed by atoms with Gasteiger partial charge >= 0.3 is 0 Å². The molecule has 0 spiro atoms. The van der Waals surface area contributed by atoms with Crippen molar-refractivity contribution in [3.63, 3.8) is 0 Å². The summed E-state index contributed by atoms with van der Waals surface area (Å²) >= 11 is 3.46. The largest absolute Gasteiger partial charge is 0.495 e. The zero-order valence-corrected chi connectivity index (χ0v) is 12.6. The van der Waals surface area contributed by atoms with Gasteiger partial charge in [0.05, 0.1) is 19.4 Å². The van der Waals surface area contributed by atoms with Crippen molar-refractivity contribution in [3.05, 3.63) is 22.2 Å². The lowest BCUT2D eigenvalue weighted by atomic mass is 9.84. The lowest BCUT2D eigenvalue weighted by Crippen LogP contribution is -2.25. The van der Waals surface area contributed by atoms with E-state index in [0.717, 1.165) is 10.0 Å². The van der Waals surface area contributed by atoms with Crippen molar-refractivity contribution in [2.24, 2.45) is 0 Å². The highest BCUT2D eigenvalue weighted by Crippen LogP contribution is 2.41. The summed E-state index contributed by atoms with van der Waals surface area (Å²) in [6.45, 7) is 5.21. The molecular formula is C13H18BrNO3. The zero-order chi connectivity index (χ0) is 13.9. The number of aliphatic hydroxyl groups excluding tert-OH is 1. The summed E-state index contributed by atoms with van der Waals surface area (Å²) in [6.07, 6.45) is 0. The Morgan fingerprint density at radius 2 is 2.11 bits per heavy atom. The molecule has 0 bridgehead atoms. The standard InChI is InChI=1S/C13H18BrNO3/c1-8(17)15-12-10(18-4)6-5-9(14)11(12)13(2,3)7-16/h5-6,16H,7H2,1-4H3,(H,15,17). The minimum atomic E-state index is -0.495. The normalized spacial score (nSPS) is 11.2. The molecule has 0 saturated carbocycles. The minimum Gasteiger partial charge on any atom is -0.495 e. The highest BCUT2D eigenvalue weighted by Gasteiger charge is 2.28. The summed E-state index contributed by atoms with van der Waals surface area (Å²) in [7, 11) is 1.55. The van der Waals surface area contributed by atoms with Gasteiger partial charge in [0.2, 0.25) is 5.91 Å². The molecule has 0 radical (unpaired) electrons. The summed E-state index contributed by atoms with van der Waals surface area (Å²) in [5.41, 5.74) is 0.920. The number of halogens is 1. The second-order valence-electron chi connectivity index (χ2n) is 4.72. The van der Waals surface area contributed by atoms with E-state index in [9.17, 15) is 9.90 Å². The molecule has 0 aromatic heterocycles. The molecule has 0 unspecified atom stereocenters. The lowest BCUT2D eigenvalue weighted by Gasteiger charge is -2.28. The quantitative estimate of drug-likeness (QED) is 0.898. The Bertz CT molecular complexity index is 458. The average molecular weight is 316 g/mol. The van der Waals surface area contributed by atoms with Crippen LogP contribution in [0.25, 0.3) is 0 Å². The summed E-state index contributed by atoms with van der Waals surface area (Å²) in [4.78, 5) is 11.3. The second-order valence-corrected chi connectivity index (χ2v) is 5.58. The van der Waals surface area contributed by atoms with Gasteiger partial charge in [0, 0.05) is 22.4 Å². The fourth-order valence-electron chi connectivity index (χ4n) is 1.77. The van der Waals surface area contributed by atoms with Crippen LogP contribution < -0.4 is 10.1 Å². The first kappa shape index (κ1) is 15.0. The van der Waals surface area contributed by atoms with E-state index >= 15 is 0 Å². The molecule has 100 valence electrons. The number of methoxy groups -OCH3 is 1. The van der Waals surface area contributed by atoms with Crippen LogP contribution in [0.5, 0.6) is 5.75 Å². The Balaban J connectivity index is 3.50. The highest BCUT2D eigenvalue weighted by molar-refractivity contribution is 9.10. The molecular weight excluding hydrogens is 298 g/mol. The maximum atomic E-state index is 11.3. The predicted molar refractivity (Wildman–Crippen MR) is 75.1 cm³/mol. The molecule has 1 amide bonds. The number of hydrogen-bond acceptors (Lipinski definition) is 3. The monoisotopic (exact) mass is 315 g/mol. The summed E-state index contributed by atoms with van der Waals surface area (Å²) < 4.78 is 6.09. The Labute approximate surface area is 115 Å². The van der Waals surface area contributed by atoms with E-state index in [1.54, 1.807) is 13.2 Å². The second kappa shape index (κ2) is 5.71. The number of ether oxygens (including phenoxy) is 1. The zero-order valence-electron chi connectivity index (χ0n) is 11.0. The van der Waals surface area contributed by atoms with Gasteiger partial charge in [-0.15, -0.1) is 0 Å². The first-order chi connectivity index (χ1) is 8.33. The van der Waals surface area contributed by atoms with Crippen molar-refractivity contribution in [2.75, 3.05) is 19.0 Å². The number of carbonyl (C=O) groups is 1. The Morgan fingerprint density at radius 1 is 1.50 bits per heavy atom. The van der Waals surface area contributed by atoms with E-state index in [1.807, 2.05) is 19.9 Å². The number of hydrogen-bond donors (Lipinski definition) is 2. The van der Waals surface area contributed by atoms with Crippen LogP contribution in [-0.2, 0) is 10.2 Å². The van der Waals surface area contributed by atoms with Crippen LogP contribution in [0.1, 0.15) is 26.3 Å². The number of amides is 1. The number of anilines is 1. The van der Waals surface area contributed by atoms with Crippen LogP contribution in [-0.4, -0.2) is 24.7 Å². The molecule has 2 N–H and O–H groups in total. The van der Waals surface area contributed by atoms with Gasteiger partial charge in [-0.25, -0.2) is 0 Å². The third-order valence-corrected chi connectivity index (χ3v) is 3.37. The van der Waals surface area contributed by atoms with Crippen LogP contribution in [0, 0.1) is 0 Å². The molecule has 1 aromatic carbocycles. The topological polar surface area (TPSA) is 58.6 Å². The van der Waals surface area contributed by atoms with E-state index in [2.05, 4.69) is 21.2 Å². The summed E-state index contributed by atoms with van der Waals surface area (Å²) in [6, 6.07) is 3.61. The maximum absolute atomic E-state index is 11.3. The van der Waals surface area contributed by atoms with Crippen molar-refractivity contribution in [3.8, 4) is 5.75 Å². The molecule has 4 nitrogen and oxygen atoms in total. The number of nitrogens with one attached hydrogen (secondary N) is 1. The molecule has 0 aliphatic rings. The van der Waals surface area contributed by atoms with E-state index in [1.165, 1.54) is 6.92 Å². The van der Waals surface area contributed by atoms with Gasteiger partial charge in [0.25, 0.3) is 0 Å². The van der Waals surface area contributed by atoms with Crippen molar-refractivity contribution >= 4 is 27.5 Å². The van der Waals surface area contributed by atoms with E-state index in [-0.39, 0.29) is 12.5 Å². The highest BCUT2D eigenvalue weighted by atomic mass is 79.9. The van der Waals surface area contributed by atoms with E-state index in [0.29, 0.717) is 11.4 Å². The Hall–Kier alpha value is -1.07. The van der Waals surface area contributed by atoms with Crippen molar-refractivity contribution in [2.45, 2.75) is 26.2 Å². The van der Waals surface area contributed by atoms with Crippen LogP contribution in [0.2, 0.25) is 0 Å². The number of benzene rings is 1. The van der Waals surface area contributed by atoms with Gasteiger partial charge in [-0.2, -0.15) is 0 Å². The fourth-order valence-corrected chi connectivity index (χ4v) is 2.64. The van der Waals surface area contributed by atoms with Gasteiger partial charge in [-0.05, 0) is 12.1 Å². The fraction of sp³-hybridized carbons (Fsp3) is 0.462. The smallest absolute Gasteiger partial charge is 0.221 e. The molecule has 0 saturated heterocycles. The SMILES string of the molecule is COc1ccc(Br)c(C(C)(C)CO)c1NC(C)=O. The van der Waals surface area contributed by atoms with Gasteiger partial charge in [0.15, 0.2) is 0 Å². The molecule has 1 rings (SSSR count). The molecule has 5 heteroatoms. The van der Waals surface area contributed by atoms with Gasteiger partial charge < -0.3 is 15.2 Å². The third kappa shape index (κ3) is 3.03. The third-order valence-electron chi connectivity index (χ3n) is 2.71. The molecule has 0 fully saturated rings. The molecule has 0 atom stereocenters. The first-order valence-electron chi connectivity index (χ1n) is 5.59. The van der Waals surface area contributed by atoms with Crippen molar-refractivity contribution < 1.29 is 14.6 Å². The number of rotatable bonds is 4. The molecule has 0 aliphatic heterocycles. The first-order valence-corrected chi connectivity index (χ1v) is 6.38. The molecule has 0 heterocycles. The summed E-state index contributed by atoms with van der Waals surface area (Å²) in [5.74, 6) is 0.395. The van der Waals surface area contributed by atoms with Gasteiger partial charge in [-0.1, -0.05) is 29.8 Å². The molecule has 0 aliphatic carbocycles. The Morgan fingerprint density at radius 3 is 2.56 bits per heavy atom. The molecule has 18 heavy (non-hydrogen) atoms. The average Bonchev–Trinajstić information content (AvgIpc) is 2.28. The Kier molecular flexibility index (Phi) is 4.76. The number of carbonyl (C=O) groups excluding carboxylic acids is 1. The minimum absolute atomic E-state index is 0.0364. The number of aliphatic hydroxyl groups is 1. The maximum Gasteiger partial charge on any atom is 0.221 e. The van der Waals surface area contributed by atoms with E-state index < -0.39 is 5.41 Å². The van der Waals surface area contributed by atoms with Gasteiger partial charge in [-0.3, -0.25) is 4.79 Å². The predicted octanol–water partition coefficient (Wildman–Crippen LogP) is 2.69. The van der Waals surface area contributed by atoms with E-state index in [4.69, 9.17) is 4.74 Å². The molecule has 1 aromatic rings.